The van der Waals surface area contributed by atoms with Crippen molar-refractivity contribution in [1.29, 1.82) is 0 Å². The zero-order valence-corrected chi connectivity index (χ0v) is 12.5. The summed E-state index contributed by atoms with van der Waals surface area (Å²) in [6.07, 6.45) is 6.40. The van der Waals surface area contributed by atoms with Gasteiger partial charge in [0, 0.05) is 18.6 Å². The normalized spacial score (nSPS) is 28.7. The number of carbonyl (C=O) groups is 1. The number of amides is 1. The molecular formula is C14H25N3OS. The number of carbonyl (C=O) groups excluding carboxylic acids is 1. The summed E-state index contributed by atoms with van der Waals surface area (Å²) in [5.74, 6) is -0.257. The summed E-state index contributed by atoms with van der Waals surface area (Å²) in [6.45, 7) is 4.40. The highest BCUT2D eigenvalue weighted by atomic mass is 32.1. The molecule has 2 heterocycles. The fourth-order valence-electron chi connectivity index (χ4n) is 3.35. The van der Waals surface area contributed by atoms with E-state index >= 15 is 0 Å². The molecule has 3 N–H and O–H groups in total. The third-order valence-corrected chi connectivity index (χ3v) is 4.69. The molecular weight excluding hydrogens is 258 g/mol. The van der Waals surface area contributed by atoms with E-state index in [1.165, 1.54) is 19.4 Å². The number of hydrogen-bond acceptors (Lipinski definition) is 3. The Kier molecular flexibility index (Phi) is 5.16. The molecule has 0 spiro atoms. The highest BCUT2D eigenvalue weighted by Gasteiger charge is 2.33. The molecule has 0 aromatic rings. The minimum absolute atomic E-state index is 0.0331. The minimum Gasteiger partial charge on any atom is -0.393 e. The van der Waals surface area contributed by atoms with E-state index in [4.69, 9.17) is 18.0 Å². The molecule has 0 radical (unpaired) electrons. The molecule has 2 rings (SSSR count). The number of rotatable bonds is 5. The van der Waals surface area contributed by atoms with Crippen LogP contribution in [0.5, 0.6) is 0 Å². The van der Waals surface area contributed by atoms with E-state index in [2.05, 4.69) is 17.1 Å². The molecule has 0 aliphatic carbocycles. The van der Waals surface area contributed by atoms with Gasteiger partial charge in [-0.2, -0.15) is 0 Å². The van der Waals surface area contributed by atoms with Gasteiger partial charge < -0.3 is 16.0 Å². The first kappa shape index (κ1) is 14.7. The Balaban J connectivity index is 1.86. The van der Waals surface area contributed by atoms with Crippen LogP contribution in [0.4, 0.5) is 0 Å². The molecule has 4 nitrogen and oxygen atoms in total. The van der Waals surface area contributed by atoms with Gasteiger partial charge in [-0.3, -0.25) is 4.79 Å². The number of nitrogens with zero attached hydrogens (tertiary/aromatic N) is 1. The lowest BCUT2D eigenvalue weighted by Gasteiger charge is -2.35. The van der Waals surface area contributed by atoms with Crippen LogP contribution in [-0.2, 0) is 4.79 Å². The van der Waals surface area contributed by atoms with Gasteiger partial charge in [0.25, 0.3) is 0 Å². The smallest absolute Gasteiger partial charge is 0.230 e. The topological polar surface area (TPSA) is 58.4 Å². The Bertz CT molecular complexity index is 348. The summed E-state index contributed by atoms with van der Waals surface area (Å²) in [5.41, 5.74) is 5.68. The van der Waals surface area contributed by atoms with Crippen molar-refractivity contribution >= 4 is 23.1 Å². The Morgan fingerprint density at radius 3 is 2.95 bits per heavy atom. The molecule has 2 fully saturated rings. The summed E-state index contributed by atoms with van der Waals surface area (Å²) < 4.78 is 0. The summed E-state index contributed by atoms with van der Waals surface area (Å²) in [6, 6.07) is 0.981. The molecule has 2 aliphatic heterocycles. The largest absolute Gasteiger partial charge is 0.393 e. The van der Waals surface area contributed by atoms with Crippen molar-refractivity contribution < 1.29 is 4.79 Å². The van der Waals surface area contributed by atoms with E-state index in [1.54, 1.807) is 0 Å². The van der Waals surface area contributed by atoms with Crippen LogP contribution in [0.25, 0.3) is 0 Å². The Morgan fingerprint density at radius 2 is 2.26 bits per heavy atom. The van der Waals surface area contributed by atoms with Crippen molar-refractivity contribution in [2.45, 2.75) is 57.5 Å². The van der Waals surface area contributed by atoms with Gasteiger partial charge in [0.2, 0.25) is 5.91 Å². The average Bonchev–Trinajstić information content (AvgIpc) is 2.82. The molecule has 1 amide bonds. The number of nitrogens with two attached hydrogens (primary N) is 1. The van der Waals surface area contributed by atoms with Crippen LogP contribution in [0.2, 0.25) is 0 Å². The van der Waals surface area contributed by atoms with Crippen molar-refractivity contribution in [3.05, 3.63) is 0 Å². The van der Waals surface area contributed by atoms with Gasteiger partial charge in [-0.25, -0.2) is 0 Å². The van der Waals surface area contributed by atoms with Crippen molar-refractivity contribution in [3.8, 4) is 0 Å². The van der Waals surface area contributed by atoms with Crippen molar-refractivity contribution in [2.24, 2.45) is 11.7 Å². The highest BCUT2D eigenvalue weighted by molar-refractivity contribution is 7.80. The van der Waals surface area contributed by atoms with Gasteiger partial charge in [-0.05, 0) is 38.6 Å². The molecule has 0 bridgehead atoms. The SMILES string of the molecule is CCCC(C(=O)NC1CCN2CCCC2C1)C(N)=S. The van der Waals surface area contributed by atoms with Crippen molar-refractivity contribution in [3.63, 3.8) is 0 Å². The Hall–Kier alpha value is -0.680. The maximum absolute atomic E-state index is 12.2. The first-order valence-corrected chi connectivity index (χ1v) is 7.86. The van der Waals surface area contributed by atoms with E-state index in [0.29, 0.717) is 17.1 Å². The lowest BCUT2D eigenvalue weighted by molar-refractivity contribution is -0.124. The van der Waals surface area contributed by atoms with Crippen molar-refractivity contribution in [2.75, 3.05) is 13.1 Å². The van der Waals surface area contributed by atoms with Crippen LogP contribution in [0.3, 0.4) is 0 Å². The summed E-state index contributed by atoms with van der Waals surface area (Å²) in [7, 11) is 0. The van der Waals surface area contributed by atoms with Gasteiger partial charge in [-0.15, -0.1) is 0 Å². The number of nitrogens with one attached hydrogen (secondary N) is 1. The standard InChI is InChI=1S/C14H25N3OS/c1-2-4-12(13(15)19)14(18)16-10-6-8-17-7-3-5-11(17)9-10/h10-12H,2-9H2,1H3,(H2,15,19)(H,16,18). The zero-order chi connectivity index (χ0) is 13.8. The molecule has 5 heteroatoms. The molecule has 0 saturated carbocycles. The number of fused-ring (bicyclic) bond motifs is 1. The summed E-state index contributed by atoms with van der Waals surface area (Å²) in [4.78, 5) is 15.1. The molecule has 0 aromatic heterocycles. The molecule has 3 atom stereocenters. The van der Waals surface area contributed by atoms with Crippen LogP contribution in [-0.4, -0.2) is 41.0 Å². The second-order valence-electron chi connectivity index (χ2n) is 5.81. The average molecular weight is 283 g/mol. The number of thiocarbonyl (C=S) groups is 1. The maximum Gasteiger partial charge on any atom is 0.230 e. The lowest BCUT2D eigenvalue weighted by atomic mass is 9.96. The molecule has 108 valence electrons. The predicted molar refractivity (Wildman–Crippen MR) is 80.9 cm³/mol. The second-order valence-corrected chi connectivity index (χ2v) is 6.28. The second kappa shape index (κ2) is 6.66. The first-order valence-electron chi connectivity index (χ1n) is 7.45. The third kappa shape index (κ3) is 3.66. The van der Waals surface area contributed by atoms with Crippen molar-refractivity contribution in [1.82, 2.24) is 10.2 Å². The van der Waals surface area contributed by atoms with E-state index in [1.807, 2.05) is 0 Å². The van der Waals surface area contributed by atoms with Gasteiger partial charge in [0.15, 0.2) is 0 Å². The molecule has 19 heavy (non-hydrogen) atoms. The fourth-order valence-corrected chi connectivity index (χ4v) is 3.57. The zero-order valence-electron chi connectivity index (χ0n) is 11.7. The molecule has 3 unspecified atom stereocenters. The van der Waals surface area contributed by atoms with Gasteiger partial charge >= 0.3 is 0 Å². The molecule has 2 saturated heterocycles. The van der Waals surface area contributed by atoms with E-state index in [0.717, 1.165) is 32.2 Å². The van der Waals surface area contributed by atoms with Crippen LogP contribution in [0.15, 0.2) is 0 Å². The monoisotopic (exact) mass is 283 g/mol. The van der Waals surface area contributed by atoms with Gasteiger partial charge in [0.1, 0.15) is 0 Å². The summed E-state index contributed by atoms with van der Waals surface area (Å²) in [5, 5.41) is 3.16. The minimum atomic E-state index is -0.290. The Morgan fingerprint density at radius 1 is 1.47 bits per heavy atom. The highest BCUT2D eigenvalue weighted by Crippen LogP contribution is 2.27. The maximum atomic E-state index is 12.2. The van der Waals surface area contributed by atoms with Crippen LogP contribution < -0.4 is 11.1 Å². The third-order valence-electron chi connectivity index (χ3n) is 4.40. The van der Waals surface area contributed by atoms with E-state index in [9.17, 15) is 4.79 Å². The number of hydrogen-bond donors (Lipinski definition) is 2. The fraction of sp³-hybridized carbons (Fsp3) is 0.857. The molecule has 2 aliphatic rings. The Labute approximate surface area is 121 Å². The lowest BCUT2D eigenvalue weighted by Crippen LogP contribution is -2.50. The van der Waals surface area contributed by atoms with Crippen LogP contribution in [0.1, 0.15) is 45.4 Å². The number of piperidine rings is 1. The quantitative estimate of drug-likeness (QED) is 0.750. The van der Waals surface area contributed by atoms with E-state index < -0.39 is 0 Å². The van der Waals surface area contributed by atoms with Gasteiger partial charge in [0.05, 0.1) is 10.9 Å². The predicted octanol–water partition coefficient (Wildman–Crippen LogP) is 1.43. The van der Waals surface area contributed by atoms with Crippen LogP contribution in [0, 0.1) is 5.92 Å². The summed E-state index contributed by atoms with van der Waals surface area (Å²) >= 11 is 5.01. The van der Waals surface area contributed by atoms with Crippen LogP contribution >= 0.6 is 12.2 Å². The van der Waals surface area contributed by atoms with E-state index in [-0.39, 0.29) is 11.8 Å². The molecule has 0 aromatic carbocycles. The van der Waals surface area contributed by atoms with Gasteiger partial charge in [-0.1, -0.05) is 25.6 Å². The first-order chi connectivity index (χ1) is 9.11.